The van der Waals surface area contributed by atoms with Gasteiger partial charge in [-0.2, -0.15) is 0 Å². The molecule has 3 aromatic rings. The fraction of sp³-hybridized carbons (Fsp3) is 0.267. The van der Waals surface area contributed by atoms with Gasteiger partial charge in [-0.25, -0.2) is 4.79 Å². The maximum absolute atomic E-state index is 14.2. The summed E-state index contributed by atoms with van der Waals surface area (Å²) < 4.78 is 5.74. The Morgan fingerprint density at radius 3 is 2.12 bits per heavy atom. The van der Waals surface area contributed by atoms with E-state index in [1.807, 2.05) is 106 Å². The van der Waals surface area contributed by atoms with Crippen LogP contribution in [-0.2, 0) is 26.2 Å². The van der Waals surface area contributed by atoms with E-state index < -0.39 is 22.9 Å². The number of carbonyl (C=O) groups excluding carboxylic acids is 2. The van der Waals surface area contributed by atoms with Crippen molar-refractivity contribution in [1.29, 1.82) is 0 Å². The van der Waals surface area contributed by atoms with Crippen LogP contribution in [0.25, 0.3) is 0 Å². The molecule has 174 valence electrons. The molecule has 0 saturated heterocycles. The smallest absolute Gasteiger partial charge is 0.334 e. The zero-order valence-corrected chi connectivity index (χ0v) is 20.2. The van der Waals surface area contributed by atoms with E-state index in [2.05, 4.69) is 6.58 Å². The maximum atomic E-state index is 14.2. The lowest BCUT2D eigenvalue weighted by Gasteiger charge is -2.38. The second-order valence-corrected chi connectivity index (χ2v) is 9.89. The van der Waals surface area contributed by atoms with Gasteiger partial charge in [-0.3, -0.25) is 4.79 Å². The summed E-state index contributed by atoms with van der Waals surface area (Å²) in [6, 6.07) is 27.5. The lowest BCUT2D eigenvalue weighted by Crippen LogP contribution is -2.47. The van der Waals surface area contributed by atoms with Crippen molar-refractivity contribution in [3.63, 3.8) is 0 Å². The van der Waals surface area contributed by atoms with Gasteiger partial charge in [0, 0.05) is 24.2 Å². The highest BCUT2D eigenvalue weighted by Gasteiger charge is 2.56. The number of nitrogens with zero attached hydrogens (tertiary/aromatic N) is 1. The number of amides is 1. The van der Waals surface area contributed by atoms with Gasteiger partial charge in [-0.05, 0) is 49.9 Å². The summed E-state index contributed by atoms with van der Waals surface area (Å²) >= 11 is 0. The Bertz CT molecular complexity index is 1210. The first-order chi connectivity index (χ1) is 16.1. The number of fused-ring (bicyclic) bond motifs is 1. The van der Waals surface area contributed by atoms with Gasteiger partial charge in [0.1, 0.15) is 5.60 Å². The Morgan fingerprint density at radius 1 is 0.941 bits per heavy atom. The van der Waals surface area contributed by atoms with E-state index in [1.54, 1.807) is 11.9 Å². The molecule has 0 N–H and O–H groups in total. The first-order valence-electron chi connectivity index (χ1n) is 11.5. The molecule has 1 aliphatic heterocycles. The fourth-order valence-corrected chi connectivity index (χ4v) is 5.03. The van der Waals surface area contributed by atoms with Crippen LogP contribution >= 0.6 is 0 Å². The Morgan fingerprint density at radius 2 is 1.50 bits per heavy atom. The van der Waals surface area contributed by atoms with Gasteiger partial charge in [-0.15, -0.1) is 0 Å². The number of hydrogen-bond acceptors (Lipinski definition) is 3. The van der Waals surface area contributed by atoms with E-state index in [9.17, 15) is 9.59 Å². The van der Waals surface area contributed by atoms with E-state index in [4.69, 9.17) is 4.74 Å². The van der Waals surface area contributed by atoms with Gasteiger partial charge in [0.05, 0.1) is 5.41 Å². The van der Waals surface area contributed by atoms with Gasteiger partial charge in [0.25, 0.3) is 0 Å². The van der Waals surface area contributed by atoms with Crippen LogP contribution in [0.2, 0.25) is 0 Å². The summed E-state index contributed by atoms with van der Waals surface area (Å²) in [5, 5.41) is 0. The summed E-state index contributed by atoms with van der Waals surface area (Å²) in [7, 11) is 1.80. The Labute approximate surface area is 201 Å². The molecule has 0 bridgehead atoms. The molecule has 3 aromatic carbocycles. The van der Waals surface area contributed by atoms with Gasteiger partial charge < -0.3 is 9.64 Å². The molecule has 4 nitrogen and oxygen atoms in total. The van der Waals surface area contributed by atoms with Gasteiger partial charge in [0.2, 0.25) is 5.91 Å². The van der Waals surface area contributed by atoms with Crippen molar-refractivity contribution in [2.24, 2.45) is 0 Å². The van der Waals surface area contributed by atoms with Crippen LogP contribution in [0.1, 0.15) is 43.4 Å². The van der Waals surface area contributed by atoms with Crippen molar-refractivity contribution in [1.82, 2.24) is 0 Å². The second kappa shape index (κ2) is 8.94. The minimum absolute atomic E-state index is 0.0592. The fourth-order valence-electron chi connectivity index (χ4n) is 5.03. The van der Waals surface area contributed by atoms with Crippen molar-refractivity contribution in [3.05, 3.63) is 114 Å². The number of likely N-dealkylation sites (N-methyl/N-ethyl adjacent to an activating group) is 1. The average molecular weight is 454 g/mol. The van der Waals surface area contributed by atoms with Gasteiger partial charge in [0.15, 0.2) is 0 Å². The number of ether oxygens (including phenoxy) is 1. The molecule has 0 spiro atoms. The Kier molecular flexibility index (Phi) is 6.18. The first-order valence-corrected chi connectivity index (χ1v) is 11.5. The quantitative estimate of drug-likeness (QED) is 0.349. The van der Waals surface area contributed by atoms with Crippen molar-refractivity contribution in [2.75, 3.05) is 11.9 Å². The third-order valence-electron chi connectivity index (χ3n) is 6.39. The number of anilines is 1. The molecule has 0 unspecified atom stereocenters. The standard InChI is InChI=1S/C30H31NO3/c1-21(27(32)34-29(2,3)4)26(23-16-10-7-11-17-23)30(20-22-14-8-6-9-15-22)24-18-12-13-19-25(24)31(5)28(30)33/h6-19,26H,1,20H2,2-5H3/t26-,30+/m1/s1. The van der Waals surface area contributed by atoms with Crippen molar-refractivity contribution in [3.8, 4) is 0 Å². The lowest BCUT2D eigenvalue weighted by atomic mass is 9.62. The number of rotatable bonds is 6. The number of carbonyl (C=O) groups is 2. The summed E-state index contributed by atoms with van der Waals surface area (Å²) in [6.45, 7) is 9.73. The number of esters is 1. The molecule has 1 aliphatic rings. The van der Waals surface area contributed by atoms with E-state index in [0.29, 0.717) is 6.42 Å². The van der Waals surface area contributed by atoms with Crippen molar-refractivity contribution >= 4 is 17.6 Å². The van der Waals surface area contributed by atoms with E-state index in [0.717, 1.165) is 22.4 Å². The van der Waals surface area contributed by atoms with E-state index >= 15 is 0 Å². The Balaban J connectivity index is 1.98. The largest absolute Gasteiger partial charge is 0.457 e. The summed E-state index contributed by atoms with van der Waals surface area (Å²) in [5.41, 5.74) is 2.15. The van der Waals surface area contributed by atoms with Gasteiger partial charge >= 0.3 is 5.97 Å². The Hall–Kier alpha value is -3.66. The highest BCUT2D eigenvalue weighted by molar-refractivity contribution is 6.10. The number of benzene rings is 3. The predicted molar refractivity (Wildman–Crippen MR) is 136 cm³/mol. The molecule has 2 atom stereocenters. The third kappa shape index (κ3) is 4.16. The third-order valence-corrected chi connectivity index (χ3v) is 6.39. The molecule has 0 fully saturated rings. The topological polar surface area (TPSA) is 46.6 Å². The monoisotopic (exact) mass is 453 g/mol. The van der Waals surface area contributed by atoms with Crippen LogP contribution in [0.15, 0.2) is 97.1 Å². The lowest BCUT2D eigenvalue weighted by molar-refractivity contribution is -0.150. The summed E-state index contributed by atoms with van der Waals surface area (Å²) in [5.74, 6) is -1.16. The molecule has 1 heterocycles. The molecular weight excluding hydrogens is 422 g/mol. The van der Waals surface area contributed by atoms with Crippen LogP contribution in [-0.4, -0.2) is 24.5 Å². The highest BCUT2D eigenvalue weighted by atomic mass is 16.6. The van der Waals surface area contributed by atoms with Crippen LogP contribution < -0.4 is 4.90 Å². The summed E-state index contributed by atoms with van der Waals surface area (Å²) in [6.07, 6.45) is 0.426. The van der Waals surface area contributed by atoms with Crippen LogP contribution in [0.3, 0.4) is 0 Å². The van der Waals surface area contributed by atoms with Crippen molar-refractivity contribution < 1.29 is 14.3 Å². The molecule has 0 saturated carbocycles. The molecule has 1 amide bonds. The second-order valence-electron chi connectivity index (χ2n) is 9.89. The molecular formula is C30H31NO3. The molecule has 4 rings (SSSR count). The van der Waals surface area contributed by atoms with E-state index in [-0.39, 0.29) is 11.5 Å². The number of para-hydroxylation sites is 1. The maximum Gasteiger partial charge on any atom is 0.334 e. The molecule has 0 radical (unpaired) electrons. The molecule has 0 aliphatic carbocycles. The number of hydrogen-bond donors (Lipinski definition) is 0. The SMILES string of the molecule is C=C(C(=O)OC(C)(C)C)[C@H](c1ccccc1)[C@@]1(Cc2ccccc2)C(=O)N(C)c2ccccc21. The zero-order valence-electron chi connectivity index (χ0n) is 20.2. The van der Waals surface area contributed by atoms with Crippen molar-refractivity contribution in [2.45, 2.75) is 44.1 Å². The highest BCUT2D eigenvalue weighted by Crippen LogP contribution is 2.53. The molecule has 4 heteroatoms. The van der Waals surface area contributed by atoms with Gasteiger partial charge in [-0.1, -0.05) is 85.4 Å². The minimum Gasteiger partial charge on any atom is -0.457 e. The normalized spacial score (nSPS) is 18.4. The van der Waals surface area contributed by atoms with Crippen LogP contribution in [0.4, 0.5) is 5.69 Å². The minimum atomic E-state index is -1.05. The molecule has 0 aromatic heterocycles. The first kappa shape index (κ1) is 23.5. The van der Waals surface area contributed by atoms with Crippen LogP contribution in [0.5, 0.6) is 0 Å². The van der Waals surface area contributed by atoms with E-state index in [1.165, 1.54) is 0 Å². The summed E-state index contributed by atoms with van der Waals surface area (Å²) in [4.78, 5) is 29.3. The predicted octanol–water partition coefficient (Wildman–Crippen LogP) is 5.83. The van der Waals surface area contributed by atoms with Crippen LogP contribution in [0, 0.1) is 0 Å². The molecule has 34 heavy (non-hydrogen) atoms. The average Bonchev–Trinajstić information content (AvgIpc) is 3.02. The zero-order chi connectivity index (χ0) is 24.5.